The SMILES string of the molecule is CCOc1ccc(C2CCNCC2)nc1. The van der Waals surface area contributed by atoms with Crippen molar-refractivity contribution in [2.75, 3.05) is 19.7 Å². The number of hydrogen-bond acceptors (Lipinski definition) is 3. The van der Waals surface area contributed by atoms with E-state index in [2.05, 4.69) is 16.4 Å². The van der Waals surface area contributed by atoms with Gasteiger partial charge in [0.15, 0.2) is 0 Å². The quantitative estimate of drug-likeness (QED) is 0.820. The Kier molecular flexibility index (Phi) is 3.56. The average Bonchev–Trinajstić information content (AvgIpc) is 2.32. The molecule has 0 unspecified atom stereocenters. The fraction of sp³-hybridized carbons (Fsp3) is 0.583. The van der Waals surface area contributed by atoms with E-state index in [1.54, 1.807) is 0 Å². The van der Waals surface area contributed by atoms with Crippen LogP contribution >= 0.6 is 0 Å². The molecule has 0 saturated carbocycles. The van der Waals surface area contributed by atoms with Gasteiger partial charge in [-0.3, -0.25) is 4.98 Å². The smallest absolute Gasteiger partial charge is 0.137 e. The van der Waals surface area contributed by atoms with Gasteiger partial charge in [0.25, 0.3) is 0 Å². The lowest BCUT2D eigenvalue weighted by atomic mass is 9.94. The summed E-state index contributed by atoms with van der Waals surface area (Å²) in [5.74, 6) is 1.50. The summed E-state index contributed by atoms with van der Waals surface area (Å²) in [7, 11) is 0. The van der Waals surface area contributed by atoms with Gasteiger partial charge in [0.2, 0.25) is 0 Å². The molecular weight excluding hydrogens is 188 g/mol. The molecule has 82 valence electrons. The van der Waals surface area contributed by atoms with Crippen LogP contribution in [0.2, 0.25) is 0 Å². The molecule has 15 heavy (non-hydrogen) atoms. The zero-order valence-corrected chi connectivity index (χ0v) is 9.20. The van der Waals surface area contributed by atoms with E-state index < -0.39 is 0 Å². The van der Waals surface area contributed by atoms with E-state index in [1.165, 1.54) is 18.5 Å². The van der Waals surface area contributed by atoms with Crippen molar-refractivity contribution in [2.24, 2.45) is 0 Å². The van der Waals surface area contributed by atoms with Crippen LogP contribution in [0.15, 0.2) is 18.3 Å². The maximum absolute atomic E-state index is 5.37. The van der Waals surface area contributed by atoms with Gasteiger partial charge >= 0.3 is 0 Å². The van der Waals surface area contributed by atoms with E-state index in [0.717, 1.165) is 18.8 Å². The first-order valence-corrected chi connectivity index (χ1v) is 5.69. The Labute approximate surface area is 90.9 Å². The van der Waals surface area contributed by atoms with Gasteiger partial charge in [0.1, 0.15) is 5.75 Å². The minimum Gasteiger partial charge on any atom is -0.492 e. The molecule has 2 heterocycles. The van der Waals surface area contributed by atoms with Gasteiger partial charge in [0.05, 0.1) is 12.8 Å². The monoisotopic (exact) mass is 206 g/mol. The van der Waals surface area contributed by atoms with Gasteiger partial charge in [0, 0.05) is 11.6 Å². The van der Waals surface area contributed by atoms with Crippen molar-refractivity contribution in [2.45, 2.75) is 25.7 Å². The number of nitrogens with one attached hydrogen (secondary N) is 1. The van der Waals surface area contributed by atoms with E-state index in [9.17, 15) is 0 Å². The first kappa shape index (κ1) is 10.4. The Bertz CT molecular complexity index is 291. The van der Waals surface area contributed by atoms with Crippen molar-refractivity contribution in [3.8, 4) is 5.75 Å². The predicted molar refractivity (Wildman–Crippen MR) is 60.3 cm³/mol. The molecule has 3 heteroatoms. The molecule has 0 spiro atoms. The molecule has 1 aromatic heterocycles. The lowest BCUT2D eigenvalue weighted by molar-refractivity contribution is 0.338. The van der Waals surface area contributed by atoms with Gasteiger partial charge < -0.3 is 10.1 Å². The summed E-state index contributed by atoms with van der Waals surface area (Å²) in [6.07, 6.45) is 4.23. The highest BCUT2D eigenvalue weighted by Crippen LogP contribution is 2.24. The molecule has 0 aromatic carbocycles. The summed E-state index contributed by atoms with van der Waals surface area (Å²) in [6.45, 7) is 4.91. The number of piperidine rings is 1. The fourth-order valence-corrected chi connectivity index (χ4v) is 2.00. The van der Waals surface area contributed by atoms with E-state index in [0.29, 0.717) is 12.5 Å². The molecular formula is C12H18N2O. The zero-order chi connectivity index (χ0) is 10.5. The molecule has 0 aliphatic carbocycles. The van der Waals surface area contributed by atoms with Crippen LogP contribution in [-0.4, -0.2) is 24.7 Å². The molecule has 1 aromatic rings. The average molecular weight is 206 g/mol. The van der Waals surface area contributed by atoms with Gasteiger partial charge in [-0.2, -0.15) is 0 Å². The van der Waals surface area contributed by atoms with Crippen molar-refractivity contribution in [3.63, 3.8) is 0 Å². The van der Waals surface area contributed by atoms with Crippen LogP contribution in [0, 0.1) is 0 Å². The second-order valence-electron chi connectivity index (χ2n) is 3.88. The maximum atomic E-state index is 5.37. The number of ether oxygens (including phenoxy) is 1. The highest BCUT2D eigenvalue weighted by atomic mass is 16.5. The Morgan fingerprint density at radius 3 is 2.80 bits per heavy atom. The zero-order valence-electron chi connectivity index (χ0n) is 9.20. The van der Waals surface area contributed by atoms with E-state index in [4.69, 9.17) is 4.74 Å². The first-order valence-electron chi connectivity index (χ1n) is 5.69. The van der Waals surface area contributed by atoms with Crippen LogP contribution in [0.25, 0.3) is 0 Å². The van der Waals surface area contributed by atoms with Crippen molar-refractivity contribution >= 4 is 0 Å². The normalized spacial score (nSPS) is 17.7. The van der Waals surface area contributed by atoms with E-state index in [1.807, 2.05) is 19.2 Å². The molecule has 1 N–H and O–H groups in total. The largest absolute Gasteiger partial charge is 0.492 e. The van der Waals surface area contributed by atoms with Crippen LogP contribution in [0.4, 0.5) is 0 Å². The van der Waals surface area contributed by atoms with Crippen molar-refractivity contribution in [3.05, 3.63) is 24.0 Å². The fourth-order valence-electron chi connectivity index (χ4n) is 2.00. The van der Waals surface area contributed by atoms with Crippen molar-refractivity contribution in [1.82, 2.24) is 10.3 Å². The summed E-state index contributed by atoms with van der Waals surface area (Å²) in [5.41, 5.74) is 1.21. The summed E-state index contributed by atoms with van der Waals surface area (Å²) in [4.78, 5) is 4.47. The second kappa shape index (κ2) is 5.12. The molecule has 3 nitrogen and oxygen atoms in total. The Morgan fingerprint density at radius 2 is 2.20 bits per heavy atom. The lowest BCUT2D eigenvalue weighted by Crippen LogP contribution is -2.26. The van der Waals surface area contributed by atoms with Crippen LogP contribution in [0.1, 0.15) is 31.4 Å². The third-order valence-electron chi connectivity index (χ3n) is 2.83. The number of hydrogen-bond donors (Lipinski definition) is 1. The first-order chi connectivity index (χ1) is 7.40. The highest BCUT2D eigenvalue weighted by molar-refractivity contribution is 5.22. The highest BCUT2D eigenvalue weighted by Gasteiger charge is 2.15. The maximum Gasteiger partial charge on any atom is 0.137 e. The van der Waals surface area contributed by atoms with Crippen LogP contribution < -0.4 is 10.1 Å². The van der Waals surface area contributed by atoms with Gasteiger partial charge in [-0.15, -0.1) is 0 Å². The summed E-state index contributed by atoms with van der Waals surface area (Å²) < 4.78 is 5.37. The second-order valence-corrected chi connectivity index (χ2v) is 3.88. The number of aromatic nitrogens is 1. The minimum absolute atomic E-state index is 0.627. The van der Waals surface area contributed by atoms with Gasteiger partial charge in [-0.05, 0) is 45.0 Å². The van der Waals surface area contributed by atoms with Crippen LogP contribution in [0.5, 0.6) is 5.75 Å². The standard InChI is InChI=1S/C12H18N2O/c1-2-15-11-3-4-12(14-9-11)10-5-7-13-8-6-10/h3-4,9-10,13H,2,5-8H2,1H3. The van der Waals surface area contributed by atoms with E-state index >= 15 is 0 Å². The van der Waals surface area contributed by atoms with Crippen LogP contribution in [0.3, 0.4) is 0 Å². The molecule has 1 aliphatic heterocycles. The molecule has 0 radical (unpaired) electrons. The van der Waals surface area contributed by atoms with Crippen molar-refractivity contribution in [1.29, 1.82) is 0 Å². The topological polar surface area (TPSA) is 34.1 Å². The number of pyridine rings is 1. The molecule has 0 bridgehead atoms. The molecule has 1 saturated heterocycles. The molecule has 1 fully saturated rings. The lowest BCUT2D eigenvalue weighted by Gasteiger charge is -2.22. The number of rotatable bonds is 3. The Morgan fingerprint density at radius 1 is 1.40 bits per heavy atom. The molecule has 2 rings (SSSR count). The third-order valence-corrected chi connectivity index (χ3v) is 2.83. The Balaban J connectivity index is 2.02. The molecule has 1 aliphatic rings. The van der Waals surface area contributed by atoms with Crippen molar-refractivity contribution < 1.29 is 4.74 Å². The van der Waals surface area contributed by atoms with Gasteiger partial charge in [-0.25, -0.2) is 0 Å². The minimum atomic E-state index is 0.627. The van der Waals surface area contributed by atoms with Crippen LogP contribution in [-0.2, 0) is 0 Å². The molecule has 0 amide bonds. The summed E-state index contributed by atoms with van der Waals surface area (Å²) in [6, 6.07) is 4.12. The third kappa shape index (κ3) is 2.69. The summed E-state index contributed by atoms with van der Waals surface area (Å²) in [5, 5.41) is 3.36. The Hall–Kier alpha value is -1.09. The molecule has 0 atom stereocenters. The number of nitrogens with zero attached hydrogens (tertiary/aromatic N) is 1. The predicted octanol–water partition coefficient (Wildman–Crippen LogP) is 1.95. The summed E-state index contributed by atoms with van der Waals surface area (Å²) >= 11 is 0. The van der Waals surface area contributed by atoms with E-state index in [-0.39, 0.29) is 0 Å². The van der Waals surface area contributed by atoms with Gasteiger partial charge in [-0.1, -0.05) is 0 Å².